The van der Waals surface area contributed by atoms with E-state index in [4.69, 9.17) is 9.26 Å². The maximum atomic E-state index is 12.3. The molecule has 0 aliphatic carbocycles. The minimum Gasteiger partial charge on any atom is -0.496 e. The van der Waals surface area contributed by atoms with Crippen LogP contribution in [0.1, 0.15) is 27.4 Å². The first kappa shape index (κ1) is 14.1. The van der Waals surface area contributed by atoms with E-state index in [1.807, 2.05) is 26.0 Å². The Balaban J connectivity index is 2.14. The summed E-state index contributed by atoms with van der Waals surface area (Å²) < 4.78 is 10.2. The van der Waals surface area contributed by atoms with Crippen LogP contribution in [0.5, 0.6) is 5.75 Å². The largest absolute Gasteiger partial charge is 0.496 e. The highest BCUT2D eigenvalue weighted by atomic mass is 16.5. The number of carbonyl (C=O) groups excluding carboxylic acids is 1. The highest BCUT2D eigenvalue weighted by Crippen LogP contribution is 2.20. The van der Waals surface area contributed by atoms with Crippen LogP contribution in [-0.2, 0) is 6.54 Å². The van der Waals surface area contributed by atoms with Gasteiger partial charge in [-0.2, -0.15) is 0 Å². The van der Waals surface area contributed by atoms with E-state index < -0.39 is 0 Å². The zero-order valence-corrected chi connectivity index (χ0v) is 12.1. The van der Waals surface area contributed by atoms with Gasteiger partial charge in [0, 0.05) is 18.7 Å². The third-order valence-corrected chi connectivity index (χ3v) is 3.08. The van der Waals surface area contributed by atoms with E-state index in [1.165, 1.54) is 0 Å². The van der Waals surface area contributed by atoms with Gasteiger partial charge in [-0.15, -0.1) is 0 Å². The zero-order chi connectivity index (χ0) is 14.7. The van der Waals surface area contributed by atoms with E-state index in [2.05, 4.69) is 5.16 Å². The van der Waals surface area contributed by atoms with E-state index in [1.54, 1.807) is 31.2 Å². The van der Waals surface area contributed by atoms with Crippen molar-refractivity contribution in [3.05, 3.63) is 46.8 Å². The minimum atomic E-state index is -0.0797. The zero-order valence-electron chi connectivity index (χ0n) is 12.1. The Morgan fingerprint density at radius 2 is 2.10 bits per heavy atom. The molecular weight excluding hydrogens is 256 g/mol. The van der Waals surface area contributed by atoms with Crippen molar-refractivity contribution in [2.75, 3.05) is 14.2 Å². The van der Waals surface area contributed by atoms with E-state index >= 15 is 0 Å². The average Bonchev–Trinajstić information content (AvgIpc) is 2.83. The summed E-state index contributed by atoms with van der Waals surface area (Å²) in [5.41, 5.74) is 2.33. The number of ether oxygens (including phenoxy) is 1. The summed E-state index contributed by atoms with van der Waals surface area (Å²) in [7, 11) is 3.33. The SMILES string of the molecule is COc1cc(C(=O)N(C)Cc2cc(C)on2)ccc1C. The Labute approximate surface area is 118 Å². The molecule has 0 fully saturated rings. The first-order valence-electron chi connectivity index (χ1n) is 6.33. The molecule has 0 spiro atoms. The molecule has 2 rings (SSSR count). The number of rotatable bonds is 4. The van der Waals surface area contributed by atoms with Crippen LogP contribution in [0.3, 0.4) is 0 Å². The van der Waals surface area contributed by atoms with E-state index in [9.17, 15) is 4.79 Å². The Morgan fingerprint density at radius 3 is 2.70 bits per heavy atom. The van der Waals surface area contributed by atoms with Crippen LogP contribution < -0.4 is 4.74 Å². The van der Waals surface area contributed by atoms with Gasteiger partial charge in [0.05, 0.1) is 13.7 Å². The smallest absolute Gasteiger partial charge is 0.254 e. The van der Waals surface area contributed by atoms with Crippen molar-refractivity contribution in [3.63, 3.8) is 0 Å². The average molecular weight is 274 g/mol. The number of aryl methyl sites for hydroxylation is 2. The van der Waals surface area contributed by atoms with Crippen molar-refractivity contribution >= 4 is 5.91 Å². The van der Waals surface area contributed by atoms with Crippen molar-refractivity contribution in [2.24, 2.45) is 0 Å². The fraction of sp³-hybridized carbons (Fsp3) is 0.333. The fourth-order valence-corrected chi connectivity index (χ4v) is 1.98. The van der Waals surface area contributed by atoms with Crippen molar-refractivity contribution in [3.8, 4) is 5.75 Å². The lowest BCUT2D eigenvalue weighted by Gasteiger charge is -2.16. The van der Waals surface area contributed by atoms with Crippen LogP contribution in [0.15, 0.2) is 28.8 Å². The van der Waals surface area contributed by atoms with Gasteiger partial charge >= 0.3 is 0 Å². The number of methoxy groups -OCH3 is 1. The quantitative estimate of drug-likeness (QED) is 0.859. The highest BCUT2D eigenvalue weighted by Gasteiger charge is 2.15. The number of hydrogen-bond acceptors (Lipinski definition) is 4. The van der Waals surface area contributed by atoms with Gasteiger partial charge in [0.15, 0.2) is 0 Å². The van der Waals surface area contributed by atoms with Crippen LogP contribution in [0.2, 0.25) is 0 Å². The lowest BCUT2D eigenvalue weighted by molar-refractivity contribution is 0.0782. The summed E-state index contributed by atoms with van der Waals surface area (Å²) in [4.78, 5) is 13.9. The molecule has 20 heavy (non-hydrogen) atoms. The highest BCUT2D eigenvalue weighted by molar-refractivity contribution is 5.94. The Morgan fingerprint density at radius 1 is 1.35 bits per heavy atom. The molecule has 2 aromatic rings. The van der Waals surface area contributed by atoms with Gasteiger partial charge in [0.2, 0.25) is 0 Å². The summed E-state index contributed by atoms with van der Waals surface area (Å²) in [6, 6.07) is 7.24. The molecule has 0 atom stereocenters. The molecule has 106 valence electrons. The second-order valence-electron chi connectivity index (χ2n) is 4.77. The number of amides is 1. The number of aromatic nitrogens is 1. The number of nitrogens with zero attached hydrogens (tertiary/aromatic N) is 2. The van der Waals surface area contributed by atoms with Crippen LogP contribution in [0.25, 0.3) is 0 Å². The third kappa shape index (κ3) is 2.99. The molecular formula is C15H18N2O3. The number of carbonyl (C=O) groups is 1. The molecule has 0 aliphatic rings. The topological polar surface area (TPSA) is 55.6 Å². The first-order valence-corrected chi connectivity index (χ1v) is 6.33. The molecule has 0 unspecified atom stereocenters. The van der Waals surface area contributed by atoms with Gasteiger partial charge < -0.3 is 14.2 Å². The standard InChI is InChI=1S/C15H18N2O3/c1-10-5-6-12(8-14(10)19-4)15(18)17(3)9-13-7-11(2)20-16-13/h5-8H,9H2,1-4H3. The summed E-state index contributed by atoms with van der Waals surface area (Å²) >= 11 is 0. The maximum Gasteiger partial charge on any atom is 0.254 e. The van der Waals surface area contributed by atoms with E-state index in [-0.39, 0.29) is 5.91 Å². The normalized spacial score (nSPS) is 10.4. The van der Waals surface area contributed by atoms with E-state index in [0.29, 0.717) is 17.9 Å². The van der Waals surface area contributed by atoms with Crippen molar-refractivity contribution in [1.29, 1.82) is 0 Å². The molecule has 0 saturated heterocycles. The molecule has 1 aromatic carbocycles. The molecule has 0 saturated carbocycles. The second kappa shape index (κ2) is 5.77. The van der Waals surface area contributed by atoms with Crippen molar-refractivity contribution < 1.29 is 14.1 Å². The summed E-state index contributed by atoms with van der Waals surface area (Å²) in [5.74, 6) is 1.36. The molecule has 1 aromatic heterocycles. The van der Waals surface area contributed by atoms with Gasteiger partial charge in [-0.3, -0.25) is 4.79 Å². The molecule has 5 nitrogen and oxygen atoms in total. The molecule has 0 bridgehead atoms. The van der Waals surface area contributed by atoms with Crippen LogP contribution in [0.4, 0.5) is 0 Å². The minimum absolute atomic E-state index is 0.0797. The van der Waals surface area contributed by atoms with E-state index in [0.717, 1.165) is 17.0 Å². The molecule has 1 amide bonds. The fourth-order valence-electron chi connectivity index (χ4n) is 1.98. The Hall–Kier alpha value is -2.30. The monoisotopic (exact) mass is 274 g/mol. The Kier molecular flexibility index (Phi) is 4.08. The number of hydrogen-bond donors (Lipinski definition) is 0. The van der Waals surface area contributed by atoms with Gasteiger partial charge in [-0.1, -0.05) is 11.2 Å². The number of benzene rings is 1. The van der Waals surface area contributed by atoms with Crippen LogP contribution >= 0.6 is 0 Å². The molecule has 0 aliphatic heterocycles. The van der Waals surface area contributed by atoms with Crippen LogP contribution in [0, 0.1) is 13.8 Å². The predicted octanol–water partition coefficient (Wildman–Crippen LogP) is 2.57. The predicted molar refractivity (Wildman–Crippen MR) is 74.8 cm³/mol. The molecule has 0 radical (unpaired) electrons. The summed E-state index contributed by atoms with van der Waals surface area (Å²) in [5, 5.41) is 3.89. The molecule has 5 heteroatoms. The summed E-state index contributed by atoms with van der Waals surface area (Å²) in [6.07, 6.45) is 0. The van der Waals surface area contributed by atoms with Crippen LogP contribution in [-0.4, -0.2) is 30.1 Å². The Bertz CT molecular complexity index is 619. The van der Waals surface area contributed by atoms with Gasteiger partial charge in [-0.05, 0) is 31.5 Å². The van der Waals surface area contributed by atoms with Gasteiger partial charge in [-0.25, -0.2) is 0 Å². The molecule has 1 heterocycles. The third-order valence-electron chi connectivity index (χ3n) is 3.08. The summed E-state index contributed by atoms with van der Waals surface area (Å²) in [6.45, 7) is 4.17. The lowest BCUT2D eigenvalue weighted by atomic mass is 10.1. The first-order chi connectivity index (χ1) is 9.51. The maximum absolute atomic E-state index is 12.3. The lowest BCUT2D eigenvalue weighted by Crippen LogP contribution is -2.26. The van der Waals surface area contributed by atoms with Gasteiger partial charge in [0.25, 0.3) is 5.91 Å². The van der Waals surface area contributed by atoms with Crippen molar-refractivity contribution in [2.45, 2.75) is 20.4 Å². The van der Waals surface area contributed by atoms with Crippen molar-refractivity contribution in [1.82, 2.24) is 10.1 Å². The molecule has 0 N–H and O–H groups in total. The second-order valence-corrected chi connectivity index (χ2v) is 4.77. The van der Waals surface area contributed by atoms with Gasteiger partial charge in [0.1, 0.15) is 17.2 Å².